The Morgan fingerprint density at radius 2 is 2.06 bits per heavy atom. The first-order chi connectivity index (χ1) is 15.0. The summed E-state index contributed by atoms with van der Waals surface area (Å²) in [6.07, 6.45) is 4.37. The van der Waals surface area contributed by atoms with E-state index in [1.54, 1.807) is 4.57 Å². The van der Waals surface area contributed by atoms with Crippen molar-refractivity contribution in [3.8, 4) is 0 Å². The number of hydrogen-bond acceptors (Lipinski definition) is 5. The molecule has 9 heteroatoms. The third kappa shape index (κ3) is 4.06. The normalized spacial score (nSPS) is 23.5. The van der Waals surface area contributed by atoms with E-state index in [0.29, 0.717) is 26.2 Å². The van der Waals surface area contributed by atoms with Crippen LogP contribution in [0.4, 0.5) is 0 Å². The summed E-state index contributed by atoms with van der Waals surface area (Å²) in [5.41, 5.74) is 7.29. The zero-order valence-corrected chi connectivity index (χ0v) is 18.6. The van der Waals surface area contributed by atoms with E-state index in [0.717, 1.165) is 37.1 Å². The Bertz CT molecular complexity index is 967. The van der Waals surface area contributed by atoms with Crippen LogP contribution in [-0.2, 0) is 12.0 Å². The SMILES string of the molecule is CCCNC(=O)c1nnc2n1CCN(C1CCC(CN)(c3cccc(Cl)c3)CC1)C2=O. The van der Waals surface area contributed by atoms with Gasteiger partial charge >= 0.3 is 0 Å². The van der Waals surface area contributed by atoms with E-state index in [4.69, 9.17) is 17.3 Å². The summed E-state index contributed by atoms with van der Waals surface area (Å²) in [6, 6.07) is 8.08. The van der Waals surface area contributed by atoms with Crippen molar-refractivity contribution >= 4 is 23.4 Å². The molecule has 31 heavy (non-hydrogen) atoms. The molecule has 1 aliphatic heterocycles. The zero-order chi connectivity index (χ0) is 22.0. The molecular formula is C22H29ClN6O2. The quantitative estimate of drug-likeness (QED) is 0.711. The standard InChI is InChI=1S/C22H29ClN6O2/c1-2-10-25-20(30)18-26-27-19-21(31)28(11-12-29(18)19)17-6-8-22(14-24,9-7-17)15-4-3-5-16(23)13-15/h3-5,13,17H,2,6-12,14,24H2,1H3,(H,25,30). The van der Waals surface area contributed by atoms with Gasteiger partial charge in [-0.15, -0.1) is 10.2 Å². The Morgan fingerprint density at radius 1 is 1.29 bits per heavy atom. The summed E-state index contributed by atoms with van der Waals surface area (Å²) >= 11 is 6.22. The highest BCUT2D eigenvalue weighted by Crippen LogP contribution is 2.41. The van der Waals surface area contributed by atoms with E-state index >= 15 is 0 Å². The molecule has 1 saturated carbocycles. The van der Waals surface area contributed by atoms with E-state index in [1.807, 2.05) is 30.0 Å². The molecule has 1 aliphatic carbocycles. The highest BCUT2D eigenvalue weighted by molar-refractivity contribution is 6.30. The molecule has 0 saturated heterocycles. The van der Waals surface area contributed by atoms with E-state index in [9.17, 15) is 9.59 Å². The van der Waals surface area contributed by atoms with Crippen molar-refractivity contribution in [2.45, 2.75) is 57.0 Å². The molecule has 2 amide bonds. The molecule has 0 atom stereocenters. The molecule has 2 heterocycles. The molecule has 1 fully saturated rings. The molecule has 4 rings (SSSR count). The number of amides is 2. The molecule has 1 aromatic carbocycles. The lowest BCUT2D eigenvalue weighted by Crippen LogP contribution is -2.51. The first kappa shape index (κ1) is 21.8. The number of benzene rings is 1. The summed E-state index contributed by atoms with van der Waals surface area (Å²) in [6.45, 7) is 4.18. The molecule has 0 bridgehead atoms. The van der Waals surface area contributed by atoms with Gasteiger partial charge in [0, 0.05) is 42.7 Å². The minimum atomic E-state index is -0.284. The van der Waals surface area contributed by atoms with Crippen molar-refractivity contribution in [1.29, 1.82) is 0 Å². The van der Waals surface area contributed by atoms with Gasteiger partial charge in [0.2, 0.25) is 11.6 Å². The van der Waals surface area contributed by atoms with Gasteiger partial charge in [0.25, 0.3) is 11.8 Å². The summed E-state index contributed by atoms with van der Waals surface area (Å²) in [4.78, 5) is 27.3. The smallest absolute Gasteiger partial charge is 0.292 e. The first-order valence-electron chi connectivity index (χ1n) is 11.0. The van der Waals surface area contributed by atoms with Gasteiger partial charge in [0.15, 0.2) is 0 Å². The van der Waals surface area contributed by atoms with Crippen LogP contribution < -0.4 is 11.1 Å². The van der Waals surface area contributed by atoms with Gasteiger partial charge in [-0.2, -0.15) is 0 Å². The lowest BCUT2D eigenvalue weighted by molar-refractivity contribution is 0.0521. The van der Waals surface area contributed by atoms with Crippen LogP contribution >= 0.6 is 11.6 Å². The number of carbonyl (C=O) groups is 2. The maximum atomic E-state index is 13.1. The van der Waals surface area contributed by atoms with Crippen molar-refractivity contribution in [2.24, 2.45) is 5.73 Å². The topological polar surface area (TPSA) is 106 Å². The monoisotopic (exact) mass is 444 g/mol. The fourth-order valence-corrected chi connectivity index (χ4v) is 5.03. The maximum absolute atomic E-state index is 13.1. The Labute approximate surface area is 187 Å². The Balaban J connectivity index is 1.46. The van der Waals surface area contributed by atoms with Crippen molar-refractivity contribution in [1.82, 2.24) is 25.0 Å². The lowest BCUT2D eigenvalue weighted by atomic mass is 9.68. The van der Waals surface area contributed by atoms with E-state index in [1.165, 1.54) is 5.56 Å². The minimum absolute atomic E-state index is 0.106. The second kappa shape index (κ2) is 8.96. The third-order valence-corrected chi connectivity index (χ3v) is 6.92. The number of aromatic nitrogens is 3. The van der Waals surface area contributed by atoms with Crippen molar-refractivity contribution in [2.75, 3.05) is 19.6 Å². The average molecular weight is 445 g/mol. The number of carbonyl (C=O) groups excluding carboxylic acids is 2. The fraction of sp³-hybridized carbons (Fsp3) is 0.545. The van der Waals surface area contributed by atoms with E-state index < -0.39 is 0 Å². The van der Waals surface area contributed by atoms with Gasteiger partial charge < -0.3 is 16.0 Å². The lowest BCUT2D eigenvalue weighted by Gasteiger charge is -2.44. The van der Waals surface area contributed by atoms with Crippen molar-refractivity contribution in [3.05, 3.63) is 46.5 Å². The Kier molecular flexibility index (Phi) is 6.29. The van der Waals surface area contributed by atoms with Crippen LogP contribution in [0.25, 0.3) is 0 Å². The summed E-state index contributed by atoms with van der Waals surface area (Å²) < 4.78 is 1.64. The largest absolute Gasteiger partial charge is 0.349 e. The summed E-state index contributed by atoms with van der Waals surface area (Å²) in [5.74, 6) is 0.0247. The van der Waals surface area contributed by atoms with Crippen LogP contribution in [0.3, 0.4) is 0 Å². The van der Waals surface area contributed by atoms with Crippen LogP contribution in [0.2, 0.25) is 5.02 Å². The highest BCUT2D eigenvalue weighted by Gasteiger charge is 2.41. The Morgan fingerprint density at radius 3 is 2.74 bits per heavy atom. The predicted molar refractivity (Wildman–Crippen MR) is 118 cm³/mol. The molecule has 3 N–H and O–H groups in total. The summed E-state index contributed by atoms with van der Waals surface area (Å²) in [5, 5.41) is 11.5. The van der Waals surface area contributed by atoms with Crippen molar-refractivity contribution < 1.29 is 9.59 Å². The molecule has 0 unspecified atom stereocenters. The Hall–Kier alpha value is -2.45. The molecule has 2 aliphatic rings. The third-order valence-electron chi connectivity index (χ3n) is 6.69. The maximum Gasteiger partial charge on any atom is 0.292 e. The number of nitrogens with zero attached hydrogens (tertiary/aromatic N) is 4. The fourth-order valence-electron chi connectivity index (χ4n) is 4.84. The van der Waals surface area contributed by atoms with Crippen LogP contribution in [-0.4, -0.2) is 57.2 Å². The van der Waals surface area contributed by atoms with Gasteiger partial charge in [-0.1, -0.05) is 30.7 Å². The summed E-state index contributed by atoms with van der Waals surface area (Å²) in [7, 11) is 0. The second-order valence-corrected chi connectivity index (χ2v) is 8.92. The number of nitrogens with one attached hydrogen (secondary N) is 1. The van der Waals surface area contributed by atoms with Gasteiger partial charge in [-0.25, -0.2) is 0 Å². The second-order valence-electron chi connectivity index (χ2n) is 8.48. The van der Waals surface area contributed by atoms with Crippen LogP contribution in [0, 0.1) is 0 Å². The first-order valence-corrected chi connectivity index (χ1v) is 11.4. The number of fused-ring (bicyclic) bond motifs is 1. The van der Waals surface area contributed by atoms with Gasteiger partial charge in [0.05, 0.1) is 0 Å². The number of rotatable bonds is 6. The number of halogens is 1. The van der Waals surface area contributed by atoms with Gasteiger partial charge in [-0.05, 0) is 49.8 Å². The minimum Gasteiger partial charge on any atom is -0.349 e. The van der Waals surface area contributed by atoms with Gasteiger partial charge in [0.1, 0.15) is 0 Å². The zero-order valence-electron chi connectivity index (χ0n) is 17.8. The molecule has 166 valence electrons. The molecule has 2 aromatic rings. The predicted octanol–water partition coefficient (Wildman–Crippen LogP) is 2.37. The average Bonchev–Trinajstić information content (AvgIpc) is 3.23. The molecular weight excluding hydrogens is 416 g/mol. The molecule has 0 spiro atoms. The van der Waals surface area contributed by atoms with E-state index in [2.05, 4.69) is 21.6 Å². The highest BCUT2D eigenvalue weighted by atomic mass is 35.5. The van der Waals surface area contributed by atoms with Crippen LogP contribution in [0.1, 0.15) is 65.8 Å². The van der Waals surface area contributed by atoms with Crippen molar-refractivity contribution in [3.63, 3.8) is 0 Å². The molecule has 8 nitrogen and oxygen atoms in total. The molecule has 0 radical (unpaired) electrons. The van der Waals surface area contributed by atoms with Crippen LogP contribution in [0.5, 0.6) is 0 Å². The number of hydrogen-bond donors (Lipinski definition) is 2. The van der Waals surface area contributed by atoms with Gasteiger partial charge in [-0.3, -0.25) is 14.2 Å². The van der Waals surface area contributed by atoms with E-state index in [-0.39, 0.29) is 34.9 Å². The molecule has 1 aromatic heterocycles. The number of nitrogens with two attached hydrogens (primary N) is 1. The van der Waals surface area contributed by atoms with Crippen LogP contribution in [0.15, 0.2) is 24.3 Å².